The maximum absolute atomic E-state index is 3.37. The lowest BCUT2D eigenvalue weighted by molar-refractivity contribution is 0.589. The highest BCUT2D eigenvalue weighted by molar-refractivity contribution is 5.77. The minimum atomic E-state index is 0.848. The van der Waals surface area contributed by atoms with Crippen molar-refractivity contribution in [2.75, 3.05) is 48.4 Å². The molecule has 0 radical (unpaired) electrons. The molecule has 3 N–H and O–H groups in total. The van der Waals surface area contributed by atoms with E-state index in [0.29, 0.717) is 0 Å². The third kappa shape index (κ3) is 1.61. The number of anilines is 3. The highest BCUT2D eigenvalue weighted by Gasteiger charge is 2.14. The standard InChI is InChI=1S/C11H16N4/c1-2-10-11(14-8-13-10)7-9(1)15-5-3-12-4-6-15/h1-2,7,12-14H,3-6,8H2. The van der Waals surface area contributed by atoms with Gasteiger partial charge in [0.05, 0.1) is 18.0 Å². The van der Waals surface area contributed by atoms with Crippen LogP contribution in [0.25, 0.3) is 0 Å². The van der Waals surface area contributed by atoms with Gasteiger partial charge in [-0.05, 0) is 18.2 Å². The summed E-state index contributed by atoms with van der Waals surface area (Å²) >= 11 is 0. The molecule has 80 valence electrons. The molecule has 1 saturated heterocycles. The number of hydrogen-bond acceptors (Lipinski definition) is 4. The fraction of sp³-hybridized carbons (Fsp3) is 0.455. The molecule has 0 spiro atoms. The van der Waals surface area contributed by atoms with E-state index in [2.05, 4.69) is 39.0 Å². The van der Waals surface area contributed by atoms with Gasteiger partial charge in [0.25, 0.3) is 0 Å². The van der Waals surface area contributed by atoms with Crippen molar-refractivity contribution in [3.63, 3.8) is 0 Å². The highest BCUT2D eigenvalue weighted by atomic mass is 15.2. The lowest BCUT2D eigenvalue weighted by Crippen LogP contribution is -2.43. The fourth-order valence-electron chi connectivity index (χ4n) is 2.19. The summed E-state index contributed by atoms with van der Waals surface area (Å²) in [5.41, 5.74) is 3.77. The molecule has 0 bridgehead atoms. The Bertz CT molecular complexity index is 358. The van der Waals surface area contributed by atoms with E-state index >= 15 is 0 Å². The second kappa shape index (κ2) is 3.62. The molecule has 2 heterocycles. The SMILES string of the molecule is c1cc2c(cc1N1CCNCC1)NCN2. The van der Waals surface area contributed by atoms with E-state index in [0.717, 1.165) is 32.8 Å². The highest BCUT2D eigenvalue weighted by Crippen LogP contribution is 2.30. The van der Waals surface area contributed by atoms with Gasteiger partial charge in [0, 0.05) is 31.9 Å². The van der Waals surface area contributed by atoms with Crippen LogP contribution in [0.5, 0.6) is 0 Å². The molecule has 0 amide bonds. The number of benzene rings is 1. The molecule has 2 aliphatic rings. The second-order valence-electron chi connectivity index (χ2n) is 4.00. The van der Waals surface area contributed by atoms with Crippen molar-refractivity contribution in [2.24, 2.45) is 0 Å². The molecule has 0 saturated carbocycles. The van der Waals surface area contributed by atoms with Crippen molar-refractivity contribution in [3.05, 3.63) is 18.2 Å². The van der Waals surface area contributed by atoms with E-state index in [9.17, 15) is 0 Å². The molecule has 0 atom stereocenters. The molecule has 0 aromatic heterocycles. The van der Waals surface area contributed by atoms with Gasteiger partial charge in [-0.3, -0.25) is 0 Å². The third-order valence-electron chi connectivity index (χ3n) is 3.04. The summed E-state index contributed by atoms with van der Waals surface area (Å²) in [5, 5.41) is 9.98. The number of rotatable bonds is 1. The van der Waals surface area contributed by atoms with Crippen LogP contribution in [-0.2, 0) is 0 Å². The Labute approximate surface area is 89.7 Å². The zero-order valence-electron chi connectivity index (χ0n) is 8.71. The van der Waals surface area contributed by atoms with Crippen molar-refractivity contribution in [1.29, 1.82) is 0 Å². The third-order valence-corrected chi connectivity index (χ3v) is 3.04. The quantitative estimate of drug-likeness (QED) is 0.635. The molecule has 0 unspecified atom stereocenters. The van der Waals surface area contributed by atoms with Gasteiger partial charge in [-0.15, -0.1) is 0 Å². The molecule has 3 rings (SSSR count). The summed E-state index contributed by atoms with van der Waals surface area (Å²) in [6, 6.07) is 6.59. The zero-order chi connectivity index (χ0) is 10.1. The van der Waals surface area contributed by atoms with Crippen LogP contribution in [0.15, 0.2) is 18.2 Å². The number of piperazine rings is 1. The van der Waals surface area contributed by atoms with Crippen LogP contribution in [0.1, 0.15) is 0 Å². The summed E-state index contributed by atoms with van der Waals surface area (Å²) in [7, 11) is 0. The summed E-state index contributed by atoms with van der Waals surface area (Å²) in [6.45, 7) is 5.23. The number of nitrogens with zero attached hydrogens (tertiary/aromatic N) is 1. The Kier molecular flexibility index (Phi) is 2.14. The first-order chi connectivity index (χ1) is 7.43. The first-order valence-electron chi connectivity index (χ1n) is 5.51. The fourth-order valence-corrected chi connectivity index (χ4v) is 2.19. The molecular weight excluding hydrogens is 188 g/mol. The predicted molar refractivity (Wildman–Crippen MR) is 63.6 cm³/mol. The summed E-state index contributed by atoms with van der Waals surface area (Å²) in [5.74, 6) is 0. The van der Waals surface area contributed by atoms with Crippen molar-refractivity contribution in [3.8, 4) is 0 Å². The predicted octanol–water partition coefficient (Wildman–Crippen LogP) is 0.891. The number of fused-ring (bicyclic) bond motifs is 1. The van der Waals surface area contributed by atoms with Crippen LogP contribution in [0.3, 0.4) is 0 Å². The van der Waals surface area contributed by atoms with Gasteiger partial charge in [-0.1, -0.05) is 0 Å². The van der Waals surface area contributed by atoms with Gasteiger partial charge in [0.1, 0.15) is 0 Å². The van der Waals surface area contributed by atoms with Crippen LogP contribution < -0.4 is 20.9 Å². The second-order valence-corrected chi connectivity index (χ2v) is 4.00. The minimum Gasteiger partial charge on any atom is -0.369 e. The average molecular weight is 204 g/mol. The summed E-state index contributed by atoms with van der Waals surface area (Å²) in [4.78, 5) is 2.43. The Balaban J connectivity index is 1.85. The van der Waals surface area contributed by atoms with Crippen LogP contribution in [0, 0.1) is 0 Å². The maximum atomic E-state index is 3.37. The molecule has 2 aliphatic heterocycles. The van der Waals surface area contributed by atoms with Gasteiger partial charge in [0.2, 0.25) is 0 Å². The van der Waals surface area contributed by atoms with E-state index in [1.54, 1.807) is 0 Å². The smallest absolute Gasteiger partial charge is 0.0850 e. The largest absolute Gasteiger partial charge is 0.369 e. The molecule has 15 heavy (non-hydrogen) atoms. The molecular formula is C11H16N4. The van der Waals surface area contributed by atoms with Crippen LogP contribution in [-0.4, -0.2) is 32.8 Å². The van der Waals surface area contributed by atoms with E-state index in [4.69, 9.17) is 0 Å². The van der Waals surface area contributed by atoms with Crippen LogP contribution >= 0.6 is 0 Å². The van der Waals surface area contributed by atoms with E-state index in [-0.39, 0.29) is 0 Å². The Morgan fingerprint density at radius 1 is 1.00 bits per heavy atom. The molecule has 1 fully saturated rings. The monoisotopic (exact) mass is 204 g/mol. The van der Waals surface area contributed by atoms with Gasteiger partial charge in [-0.2, -0.15) is 0 Å². The molecule has 0 aliphatic carbocycles. The zero-order valence-corrected chi connectivity index (χ0v) is 8.71. The van der Waals surface area contributed by atoms with Crippen molar-refractivity contribution >= 4 is 17.1 Å². The Hall–Kier alpha value is -1.42. The first-order valence-corrected chi connectivity index (χ1v) is 5.51. The van der Waals surface area contributed by atoms with Gasteiger partial charge >= 0.3 is 0 Å². The van der Waals surface area contributed by atoms with Crippen molar-refractivity contribution in [2.45, 2.75) is 0 Å². The Morgan fingerprint density at radius 2 is 1.80 bits per heavy atom. The van der Waals surface area contributed by atoms with E-state index in [1.807, 2.05) is 0 Å². The van der Waals surface area contributed by atoms with Crippen LogP contribution in [0.4, 0.5) is 17.1 Å². The lowest BCUT2D eigenvalue weighted by atomic mass is 10.2. The topological polar surface area (TPSA) is 39.3 Å². The van der Waals surface area contributed by atoms with Crippen molar-refractivity contribution < 1.29 is 0 Å². The minimum absolute atomic E-state index is 0.848. The first kappa shape index (κ1) is 8.85. The summed E-state index contributed by atoms with van der Waals surface area (Å²) in [6.07, 6.45) is 0. The van der Waals surface area contributed by atoms with E-state index < -0.39 is 0 Å². The van der Waals surface area contributed by atoms with Gasteiger partial charge in [0.15, 0.2) is 0 Å². The molecule has 1 aromatic carbocycles. The molecule has 4 heteroatoms. The number of hydrogen-bond donors (Lipinski definition) is 3. The Morgan fingerprint density at radius 3 is 2.67 bits per heavy atom. The van der Waals surface area contributed by atoms with Gasteiger partial charge < -0.3 is 20.9 Å². The normalized spacial score (nSPS) is 19.3. The maximum Gasteiger partial charge on any atom is 0.0850 e. The van der Waals surface area contributed by atoms with Gasteiger partial charge in [-0.25, -0.2) is 0 Å². The number of nitrogens with one attached hydrogen (secondary N) is 3. The summed E-state index contributed by atoms with van der Waals surface area (Å²) < 4.78 is 0. The molecule has 1 aromatic rings. The van der Waals surface area contributed by atoms with Crippen molar-refractivity contribution in [1.82, 2.24) is 5.32 Å². The average Bonchev–Trinajstić information content (AvgIpc) is 2.77. The van der Waals surface area contributed by atoms with E-state index in [1.165, 1.54) is 17.1 Å². The molecule has 4 nitrogen and oxygen atoms in total. The lowest BCUT2D eigenvalue weighted by Gasteiger charge is -2.29. The van der Waals surface area contributed by atoms with Crippen LogP contribution in [0.2, 0.25) is 0 Å².